The van der Waals surface area contributed by atoms with Crippen molar-refractivity contribution < 1.29 is 5.11 Å². The Morgan fingerprint density at radius 3 is 1.90 bits per heavy atom. The molecule has 0 aliphatic carbocycles. The van der Waals surface area contributed by atoms with E-state index in [0.717, 1.165) is 13.0 Å². The molecule has 0 radical (unpaired) electrons. The highest BCUT2D eigenvalue weighted by molar-refractivity contribution is 4.63. The van der Waals surface area contributed by atoms with Crippen LogP contribution >= 0.6 is 0 Å². The first-order chi connectivity index (χ1) is 4.63. The minimum absolute atomic E-state index is 0.306. The summed E-state index contributed by atoms with van der Waals surface area (Å²) in [6.07, 6.45) is 0.790. The van der Waals surface area contributed by atoms with E-state index in [1.54, 1.807) is 0 Å². The molecule has 0 saturated heterocycles. The van der Waals surface area contributed by atoms with E-state index < -0.39 is 0 Å². The molecule has 10 heavy (non-hydrogen) atoms. The van der Waals surface area contributed by atoms with Crippen molar-refractivity contribution >= 4 is 0 Å². The third-order valence-corrected chi connectivity index (χ3v) is 2.00. The Bertz CT molecular complexity index is 83.3. The van der Waals surface area contributed by atoms with Crippen molar-refractivity contribution in [3.05, 3.63) is 0 Å². The van der Waals surface area contributed by atoms with E-state index in [1.807, 2.05) is 6.92 Å². The summed E-state index contributed by atoms with van der Waals surface area (Å²) in [5, 5.41) is 9.24. The molecular formula is C8H19NO. The summed E-state index contributed by atoms with van der Waals surface area (Å²) in [5.41, 5.74) is 0. The van der Waals surface area contributed by atoms with Crippen LogP contribution in [0.25, 0.3) is 0 Å². The van der Waals surface area contributed by atoms with Gasteiger partial charge in [-0.2, -0.15) is 0 Å². The fourth-order valence-electron chi connectivity index (χ4n) is 1.18. The molecule has 0 aromatic rings. The highest BCUT2D eigenvalue weighted by atomic mass is 16.3. The fourth-order valence-corrected chi connectivity index (χ4v) is 1.18. The zero-order chi connectivity index (χ0) is 8.15. The second-order valence-electron chi connectivity index (χ2n) is 2.72. The average Bonchev–Trinajstić information content (AvgIpc) is 1.88. The molecule has 0 fully saturated rings. The molecule has 0 aliphatic heterocycles. The van der Waals surface area contributed by atoms with Gasteiger partial charge in [-0.15, -0.1) is 0 Å². The van der Waals surface area contributed by atoms with Crippen LogP contribution in [0.4, 0.5) is 0 Å². The maximum atomic E-state index is 9.24. The Labute approximate surface area is 63.8 Å². The Balaban J connectivity index is 3.80. The SMILES string of the molecule is CCC(C)N(CC)C(C)O. The molecule has 0 rings (SSSR count). The molecule has 0 amide bonds. The van der Waals surface area contributed by atoms with Gasteiger partial charge in [-0.05, 0) is 26.8 Å². The largest absolute Gasteiger partial charge is 0.379 e. The van der Waals surface area contributed by atoms with Gasteiger partial charge < -0.3 is 5.11 Å². The molecule has 2 atom stereocenters. The van der Waals surface area contributed by atoms with Crippen molar-refractivity contribution in [3.8, 4) is 0 Å². The summed E-state index contributed by atoms with van der Waals surface area (Å²) in [7, 11) is 0. The lowest BCUT2D eigenvalue weighted by atomic mass is 10.2. The van der Waals surface area contributed by atoms with Crippen LogP contribution in [-0.2, 0) is 0 Å². The highest BCUT2D eigenvalue weighted by Gasteiger charge is 2.13. The Kier molecular flexibility index (Phi) is 4.65. The van der Waals surface area contributed by atoms with Gasteiger partial charge in [-0.3, -0.25) is 4.90 Å². The van der Waals surface area contributed by atoms with E-state index in [-0.39, 0.29) is 6.23 Å². The van der Waals surface area contributed by atoms with Crippen molar-refractivity contribution in [1.82, 2.24) is 4.90 Å². The number of hydrogen-bond acceptors (Lipinski definition) is 2. The van der Waals surface area contributed by atoms with Crippen molar-refractivity contribution in [1.29, 1.82) is 0 Å². The van der Waals surface area contributed by atoms with Crippen LogP contribution in [0.15, 0.2) is 0 Å². The summed E-state index contributed by atoms with van der Waals surface area (Å²) >= 11 is 0. The molecule has 2 nitrogen and oxygen atoms in total. The van der Waals surface area contributed by atoms with Gasteiger partial charge in [0.15, 0.2) is 0 Å². The highest BCUT2D eigenvalue weighted by Crippen LogP contribution is 2.05. The van der Waals surface area contributed by atoms with E-state index in [1.165, 1.54) is 0 Å². The van der Waals surface area contributed by atoms with Gasteiger partial charge in [0.1, 0.15) is 6.23 Å². The first-order valence-corrected chi connectivity index (χ1v) is 4.07. The van der Waals surface area contributed by atoms with Crippen LogP contribution in [0.2, 0.25) is 0 Å². The van der Waals surface area contributed by atoms with Crippen LogP contribution in [0.5, 0.6) is 0 Å². The van der Waals surface area contributed by atoms with E-state index in [4.69, 9.17) is 0 Å². The van der Waals surface area contributed by atoms with Gasteiger partial charge >= 0.3 is 0 Å². The normalized spacial score (nSPS) is 17.4. The molecule has 0 spiro atoms. The number of rotatable bonds is 4. The molecule has 0 aromatic heterocycles. The third kappa shape index (κ3) is 2.67. The lowest BCUT2D eigenvalue weighted by Gasteiger charge is -2.29. The first-order valence-electron chi connectivity index (χ1n) is 4.07. The summed E-state index contributed by atoms with van der Waals surface area (Å²) in [6.45, 7) is 9.08. The predicted octanol–water partition coefficient (Wildman–Crippen LogP) is 1.45. The zero-order valence-corrected chi connectivity index (χ0v) is 7.46. The lowest BCUT2D eigenvalue weighted by molar-refractivity contribution is -0.00405. The maximum absolute atomic E-state index is 9.24. The Morgan fingerprint density at radius 1 is 1.30 bits per heavy atom. The minimum Gasteiger partial charge on any atom is -0.379 e. The van der Waals surface area contributed by atoms with Gasteiger partial charge in [0, 0.05) is 6.04 Å². The van der Waals surface area contributed by atoms with Crippen LogP contribution in [0.1, 0.15) is 34.1 Å². The number of aliphatic hydroxyl groups excluding tert-OH is 1. The van der Waals surface area contributed by atoms with Crippen LogP contribution in [0, 0.1) is 0 Å². The van der Waals surface area contributed by atoms with E-state index in [2.05, 4.69) is 25.7 Å². The molecule has 2 unspecified atom stereocenters. The van der Waals surface area contributed by atoms with Crippen LogP contribution in [0.3, 0.4) is 0 Å². The van der Waals surface area contributed by atoms with Gasteiger partial charge in [0.05, 0.1) is 0 Å². The molecule has 0 saturated carbocycles. The predicted molar refractivity (Wildman–Crippen MR) is 43.8 cm³/mol. The van der Waals surface area contributed by atoms with Crippen molar-refractivity contribution in [2.75, 3.05) is 6.54 Å². The van der Waals surface area contributed by atoms with Crippen LogP contribution < -0.4 is 0 Å². The van der Waals surface area contributed by atoms with Crippen molar-refractivity contribution in [2.24, 2.45) is 0 Å². The standard InChI is InChI=1S/C8H19NO/c1-5-7(3)9(6-2)8(4)10/h7-8,10H,5-6H2,1-4H3. The Morgan fingerprint density at radius 2 is 1.80 bits per heavy atom. The second-order valence-corrected chi connectivity index (χ2v) is 2.72. The second kappa shape index (κ2) is 4.69. The monoisotopic (exact) mass is 145 g/mol. The van der Waals surface area contributed by atoms with E-state index in [0.29, 0.717) is 6.04 Å². The lowest BCUT2D eigenvalue weighted by Crippen LogP contribution is -2.39. The molecule has 62 valence electrons. The molecule has 2 heteroatoms. The molecule has 0 heterocycles. The molecular weight excluding hydrogens is 126 g/mol. The summed E-state index contributed by atoms with van der Waals surface area (Å²) in [5.74, 6) is 0. The minimum atomic E-state index is -0.306. The zero-order valence-electron chi connectivity index (χ0n) is 7.46. The number of nitrogens with zero attached hydrogens (tertiary/aromatic N) is 1. The molecule has 0 aliphatic rings. The van der Waals surface area contributed by atoms with Gasteiger partial charge in [-0.1, -0.05) is 13.8 Å². The van der Waals surface area contributed by atoms with Crippen molar-refractivity contribution in [3.63, 3.8) is 0 Å². The summed E-state index contributed by atoms with van der Waals surface area (Å²) in [4.78, 5) is 2.07. The Hall–Kier alpha value is -0.0800. The number of aliphatic hydroxyl groups is 1. The smallest absolute Gasteiger partial charge is 0.104 e. The topological polar surface area (TPSA) is 23.5 Å². The first kappa shape index (κ1) is 9.92. The third-order valence-electron chi connectivity index (χ3n) is 2.00. The summed E-state index contributed by atoms with van der Waals surface area (Å²) < 4.78 is 0. The number of hydrogen-bond donors (Lipinski definition) is 1. The van der Waals surface area contributed by atoms with Gasteiger partial charge in [0.25, 0.3) is 0 Å². The quantitative estimate of drug-likeness (QED) is 0.605. The van der Waals surface area contributed by atoms with Crippen LogP contribution in [-0.4, -0.2) is 28.8 Å². The van der Waals surface area contributed by atoms with E-state index in [9.17, 15) is 5.11 Å². The summed E-state index contributed by atoms with van der Waals surface area (Å²) in [6, 6.07) is 0.491. The molecule has 0 aromatic carbocycles. The van der Waals surface area contributed by atoms with Crippen molar-refractivity contribution in [2.45, 2.75) is 46.4 Å². The van der Waals surface area contributed by atoms with Gasteiger partial charge in [-0.25, -0.2) is 0 Å². The average molecular weight is 145 g/mol. The molecule has 1 N–H and O–H groups in total. The maximum Gasteiger partial charge on any atom is 0.104 e. The fraction of sp³-hybridized carbons (Fsp3) is 1.00. The molecule has 0 bridgehead atoms. The van der Waals surface area contributed by atoms with E-state index >= 15 is 0 Å². The van der Waals surface area contributed by atoms with Gasteiger partial charge in [0.2, 0.25) is 0 Å².